The number of hydrogen-bond donors (Lipinski definition) is 2. The molecule has 4 heterocycles. The van der Waals surface area contributed by atoms with E-state index in [0.717, 1.165) is 0 Å². The lowest BCUT2D eigenvalue weighted by atomic mass is 10.3. The van der Waals surface area contributed by atoms with Gasteiger partial charge in [-0.25, -0.2) is 19.9 Å². The van der Waals surface area contributed by atoms with Crippen LogP contribution in [-0.2, 0) is 0 Å². The standard InChI is InChI=1S/C16H10FN7OS3/c17-11-7-9(3-4-18-11)27-10-1-2-12(28-16-20-8-21-24-16)22-13(10)14(25)23-15-19-5-6-26-15/h1-8H,(H,19,23,25)(H,20,21,24). The zero-order valence-electron chi connectivity index (χ0n) is 13.9. The van der Waals surface area contributed by atoms with Crippen LogP contribution in [0.25, 0.3) is 0 Å². The maximum atomic E-state index is 13.4. The van der Waals surface area contributed by atoms with Crippen LogP contribution in [-0.4, -0.2) is 36.0 Å². The molecule has 0 radical (unpaired) electrons. The van der Waals surface area contributed by atoms with E-state index < -0.39 is 11.9 Å². The van der Waals surface area contributed by atoms with Crippen LogP contribution in [0.1, 0.15) is 10.5 Å². The van der Waals surface area contributed by atoms with Crippen molar-refractivity contribution >= 4 is 45.9 Å². The predicted molar refractivity (Wildman–Crippen MR) is 103 cm³/mol. The fourth-order valence-corrected chi connectivity index (χ4v) is 4.19. The highest BCUT2D eigenvalue weighted by Crippen LogP contribution is 2.33. The van der Waals surface area contributed by atoms with Gasteiger partial charge in [-0.05, 0) is 30.0 Å². The van der Waals surface area contributed by atoms with E-state index in [-0.39, 0.29) is 5.69 Å². The van der Waals surface area contributed by atoms with E-state index >= 15 is 0 Å². The van der Waals surface area contributed by atoms with E-state index in [9.17, 15) is 9.18 Å². The molecule has 0 bridgehead atoms. The number of nitrogens with zero attached hydrogens (tertiary/aromatic N) is 5. The Balaban J connectivity index is 1.66. The number of hydrogen-bond acceptors (Lipinski definition) is 9. The summed E-state index contributed by atoms with van der Waals surface area (Å²) >= 11 is 3.76. The van der Waals surface area contributed by atoms with Crippen LogP contribution < -0.4 is 5.32 Å². The summed E-state index contributed by atoms with van der Waals surface area (Å²) in [5.74, 6) is -1.00. The normalized spacial score (nSPS) is 10.8. The van der Waals surface area contributed by atoms with Crippen LogP contribution >= 0.6 is 34.9 Å². The Morgan fingerprint density at radius 3 is 2.82 bits per heavy atom. The molecule has 0 atom stereocenters. The predicted octanol–water partition coefficient (Wildman–Crippen LogP) is 3.75. The first-order chi connectivity index (χ1) is 13.7. The lowest BCUT2D eigenvalue weighted by Gasteiger charge is -2.09. The van der Waals surface area contributed by atoms with Crippen LogP contribution in [0, 0.1) is 5.95 Å². The molecule has 1 amide bonds. The van der Waals surface area contributed by atoms with E-state index in [2.05, 4.69) is 35.5 Å². The summed E-state index contributed by atoms with van der Waals surface area (Å²) in [6, 6.07) is 6.47. The van der Waals surface area contributed by atoms with Gasteiger partial charge >= 0.3 is 0 Å². The highest BCUT2D eigenvalue weighted by atomic mass is 32.2. The SMILES string of the molecule is O=C(Nc1nccs1)c1nc(Sc2ncn[nH]2)ccc1Sc1ccnc(F)c1. The quantitative estimate of drug-likeness (QED) is 0.444. The van der Waals surface area contributed by atoms with Gasteiger partial charge in [-0.1, -0.05) is 11.8 Å². The Hall–Kier alpha value is -2.83. The van der Waals surface area contributed by atoms with Gasteiger partial charge in [-0.3, -0.25) is 15.2 Å². The van der Waals surface area contributed by atoms with Crippen LogP contribution in [0.2, 0.25) is 0 Å². The van der Waals surface area contributed by atoms with Crippen LogP contribution in [0.3, 0.4) is 0 Å². The van der Waals surface area contributed by atoms with E-state index in [1.54, 1.807) is 29.8 Å². The van der Waals surface area contributed by atoms with E-state index in [0.29, 0.717) is 25.1 Å². The minimum atomic E-state index is -0.593. The van der Waals surface area contributed by atoms with Gasteiger partial charge in [0.25, 0.3) is 5.91 Å². The second-order valence-electron chi connectivity index (χ2n) is 5.10. The summed E-state index contributed by atoms with van der Waals surface area (Å²) in [5, 5.41) is 12.6. The maximum Gasteiger partial charge on any atom is 0.277 e. The molecule has 0 saturated carbocycles. The largest absolute Gasteiger partial charge is 0.296 e. The molecule has 12 heteroatoms. The fourth-order valence-electron chi connectivity index (χ4n) is 2.09. The molecule has 4 aromatic heterocycles. The molecule has 8 nitrogen and oxygen atoms in total. The Morgan fingerprint density at radius 2 is 2.07 bits per heavy atom. The average molecular weight is 432 g/mol. The number of pyridine rings is 2. The number of aromatic amines is 1. The van der Waals surface area contributed by atoms with Crippen molar-refractivity contribution in [3.05, 3.63) is 60.0 Å². The number of carbonyl (C=O) groups is 1. The molecule has 0 aliphatic carbocycles. The third-order valence-corrected chi connectivity index (χ3v) is 5.77. The topological polar surface area (TPSA) is 109 Å². The van der Waals surface area contributed by atoms with Crippen molar-refractivity contribution in [2.75, 3.05) is 5.32 Å². The molecule has 0 unspecified atom stereocenters. The Labute approximate surface area is 170 Å². The summed E-state index contributed by atoms with van der Waals surface area (Å²) < 4.78 is 13.4. The summed E-state index contributed by atoms with van der Waals surface area (Å²) in [4.78, 5) is 30.1. The third kappa shape index (κ3) is 4.52. The smallest absolute Gasteiger partial charge is 0.277 e. The van der Waals surface area contributed by atoms with Crippen molar-refractivity contribution in [3.8, 4) is 0 Å². The molecule has 0 aliphatic rings. The van der Waals surface area contributed by atoms with Crippen molar-refractivity contribution in [2.45, 2.75) is 20.0 Å². The Bertz CT molecular complexity index is 1090. The molecule has 140 valence electrons. The number of carbonyl (C=O) groups excluding carboxylic acids is 1. The van der Waals surface area contributed by atoms with Crippen molar-refractivity contribution < 1.29 is 9.18 Å². The maximum absolute atomic E-state index is 13.4. The number of halogens is 1. The van der Waals surface area contributed by atoms with Gasteiger partial charge in [0, 0.05) is 33.6 Å². The number of H-pyrrole nitrogens is 1. The zero-order valence-corrected chi connectivity index (χ0v) is 16.3. The second kappa shape index (κ2) is 8.46. The number of anilines is 1. The molecule has 0 spiro atoms. The second-order valence-corrected chi connectivity index (χ2v) is 8.12. The first kappa shape index (κ1) is 18.5. The van der Waals surface area contributed by atoms with Crippen molar-refractivity contribution in [2.24, 2.45) is 0 Å². The highest BCUT2D eigenvalue weighted by molar-refractivity contribution is 7.99. The van der Waals surface area contributed by atoms with Gasteiger partial charge in [0.05, 0.1) is 0 Å². The van der Waals surface area contributed by atoms with E-state index in [1.165, 1.54) is 53.5 Å². The third-order valence-electron chi connectivity index (χ3n) is 3.22. The Kier molecular flexibility index (Phi) is 5.60. The van der Waals surface area contributed by atoms with E-state index in [1.807, 2.05) is 0 Å². The number of amides is 1. The highest BCUT2D eigenvalue weighted by Gasteiger charge is 2.18. The van der Waals surface area contributed by atoms with Crippen LogP contribution in [0.5, 0.6) is 0 Å². The lowest BCUT2D eigenvalue weighted by molar-refractivity contribution is 0.101. The van der Waals surface area contributed by atoms with Gasteiger partial charge in [0.15, 0.2) is 10.3 Å². The lowest BCUT2D eigenvalue weighted by Crippen LogP contribution is -2.15. The molecule has 0 aromatic carbocycles. The summed E-state index contributed by atoms with van der Waals surface area (Å²) in [5.41, 5.74) is 0.196. The number of rotatable bonds is 6. The monoisotopic (exact) mass is 431 g/mol. The molecule has 28 heavy (non-hydrogen) atoms. The summed E-state index contributed by atoms with van der Waals surface area (Å²) in [6.45, 7) is 0. The van der Waals surface area contributed by atoms with Gasteiger partial charge in [0.2, 0.25) is 5.95 Å². The van der Waals surface area contributed by atoms with Crippen LogP contribution in [0.15, 0.2) is 68.3 Å². The number of nitrogens with one attached hydrogen (secondary N) is 2. The summed E-state index contributed by atoms with van der Waals surface area (Å²) in [6.07, 6.45) is 4.36. The van der Waals surface area contributed by atoms with Crippen LogP contribution in [0.4, 0.5) is 9.52 Å². The molecular weight excluding hydrogens is 421 g/mol. The summed E-state index contributed by atoms with van der Waals surface area (Å²) in [7, 11) is 0. The van der Waals surface area contributed by atoms with Crippen molar-refractivity contribution in [1.82, 2.24) is 30.1 Å². The Morgan fingerprint density at radius 1 is 1.14 bits per heavy atom. The number of aromatic nitrogens is 6. The van der Waals surface area contributed by atoms with Crippen molar-refractivity contribution in [3.63, 3.8) is 0 Å². The van der Waals surface area contributed by atoms with Gasteiger partial charge in [0.1, 0.15) is 17.0 Å². The van der Waals surface area contributed by atoms with Gasteiger partial charge in [-0.15, -0.1) is 11.3 Å². The minimum absolute atomic E-state index is 0.196. The molecule has 0 fully saturated rings. The first-order valence-electron chi connectivity index (χ1n) is 7.72. The first-order valence-corrected chi connectivity index (χ1v) is 10.2. The molecule has 0 saturated heterocycles. The molecular formula is C16H10FN7OS3. The average Bonchev–Trinajstić information content (AvgIpc) is 3.37. The zero-order chi connectivity index (χ0) is 19.3. The molecule has 4 aromatic rings. The van der Waals surface area contributed by atoms with Gasteiger partial charge in [-0.2, -0.15) is 9.49 Å². The van der Waals surface area contributed by atoms with Gasteiger partial charge < -0.3 is 0 Å². The molecule has 4 rings (SSSR count). The molecule has 2 N–H and O–H groups in total. The fraction of sp³-hybridized carbons (Fsp3) is 0. The van der Waals surface area contributed by atoms with Crippen molar-refractivity contribution in [1.29, 1.82) is 0 Å². The van der Waals surface area contributed by atoms with E-state index in [4.69, 9.17) is 0 Å². The minimum Gasteiger partial charge on any atom is -0.296 e. The number of thiazole rings is 1. The molecule has 0 aliphatic heterocycles.